The second-order valence-electron chi connectivity index (χ2n) is 8.04. The molecule has 1 aliphatic rings. The summed E-state index contributed by atoms with van der Waals surface area (Å²) in [6, 6.07) is 5.67. The molecule has 0 unspecified atom stereocenters. The molecule has 0 spiro atoms. The lowest BCUT2D eigenvalue weighted by Crippen LogP contribution is -2.43. The van der Waals surface area contributed by atoms with Crippen LogP contribution in [0.1, 0.15) is 40.9 Å². The lowest BCUT2D eigenvalue weighted by atomic mass is 9.96. The molecule has 2 aromatic rings. The lowest BCUT2D eigenvalue weighted by Gasteiger charge is -2.33. The Labute approximate surface area is 173 Å². The average Bonchev–Trinajstić information content (AvgIpc) is 3.19. The van der Waals surface area contributed by atoms with Crippen molar-refractivity contribution in [2.45, 2.75) is 52.0 Å². The molecule has 0 bridgehead atoms. The molecule has 1 aromatic heterocycles. The zero-order chi connectivity index (χ0) is 21.3. The summed E-state index contributed by atoms with van der Waals surface area (Å²) >= 11 is 0. The number of nitrogens with zero attached hydrogens (tertiary/aromatic N) is 2. The molecule has 1 aromatic carbocycles. The van der Waals surface area contributed by atoms with Crippen LogP contribution in [0.2, 0.25) is 0 Å². The van der Waals surface area contributed by atoms with E-state index in [1.165, 1.54) is 4.31 Å². The van der Waals surface area contributed by atoms with Gasteiger partial charge in [0.15, 0.2) is 0 Å². The van der Waals surface area contributed by atoms with Gasteiger partial charge in [0.1, 0.15) is 5.76 Å². The van der Waals surface area contributed by atoms with Crippen molar-refractivity contribution in [1.82, 2.24) is 9.21 Å². The topological polar surface area (TPSA) is 70.8 Å². The molecule has 0 radical (unpaired) electrons. The summed E-state index contributed by atoms with van der Waals surface area (Å²) in [5.74, 6) is 0.613. The highest BCUT2D eigenvalue weighted by atomic mass is 32.2. The minimum Gasteiger partial charge on any atom is -0.467 e. The zero-order valence-corrected chi connectivity index (χ0v) is 18.7. The van der Waals surface area contributed by atoms with Gasteiger partial charge in [0.2, 0.25) is 15.9 Å². The van der Waals surface area contributed by atoms with Crippen molar-refractivity contribution >= 4 is 15.9 Å². The third-order valence-electron chi connectivity index (χ3n) is 6.05. The molecular formula is C22H30N2O4S. The van der Waals surface area contributed by atoms with Crippen molar-refractivity contribution < 1.29 is 17.6 Å². The van der Waals surface area contributed by atoms with Crippen LogP contribution in [-0.4, -0.2) is 43.7 Å². The summed E-state index contributed by atoms with van der Waals surface area (Å²) in [7, 11) is -1.83. The van der Waals surface area contributed by atoms with E-state index in [0.717, 1.165) is 28.0 Å². The van der Waals surface area contributed by atoms with Gasteiger partial charge in [0.25, 0.3) is 0 Å². The first kappa shape index (κ1) is 21.6. The van der Waals surface area contributed by atoms with Crippen LogP contribution in [0.15, 0.2) is 33.8 Å². The summed E-state index contributed by atoms with van der Waals surface area (Å²) in [5, 5.41) is 0. The fourth-order valence-electron chi connectivity index (χ4n) is 4.07. The Kier molecular flexibility index (Phi) is 6.19. The maximum atomic E-state index is 13.4. The van der Waals surface area contributed by atoms with Gasteiger partial charge in [-0.15, -0.1) is 0 Å². The van der Waals surface area contributed by atoms with Gasteiger partial charge in [-0.2, -0.15) is 4.31 Å². The van der Waals surface area contributed by atoms with E-state index in [1.807, 2.05) is 39.8 Å². The first-order valence-corrected chi connectivity index (χ1v) is 11.4. The van der Waals surface area contributed by atoms with Crippen LogP contribution in [0.3, 0.4) is 0 Å². The van der Waals surface area contributed by atoms with Crippen LogP contribution in [-0.2, 0) is 21.4 Å². The van der Waals surface area contributed by atoms with E-state index >= 15 is 0 Å². The number of carbonyl (C=O) groups is 1. The SMILES string of the molecule is Cc1cc(C)c(C)c(S(=O)(=O)N2CCC(C(=O)N(C)Cc3ccco3)CC2)c1C. The van der Waals surface area contributed by atoms with E-state index in [1.54, 1.807) is 24.3 Å². The molecule has 29 heavy (non-hydrogen) atoms. The summed E-state index contributed by atoms with van der Waals surface area (Å²) in [6.45, 7) is 8.77. The molecule has 1 fully saturated rings. The molecule has 1 amide bonds. The standard InChI is InChI=1S/C22H30N2O4S/c1-15-13-16(2)18(4)21(17(15)3)29(26,27)24-10-8-19(9-11-24)22(25)23(5)14-20-7-6-12-28-20/h6-7,12-13,19H,8-11,14H2,1-5H3. The van der Waals surface area contributed by atoms with Crippen molar-refractivity contribution in [3.8, 4) is 0 Å². The number of hydrogen-bond acceptors (Lipinski definition) is 4. The summed E-state index contributed by atoms with van der Waals surface area (Å²) in [4.78, 5) is 14.8. The predicted octanol–water partition coefficient (Wildman–Crippen LogP) is 3.57. The third kappa shape index (κ3) is 4.26. The summed E-state index contributed by atoms with van der Waals surface area (Å²) < 4.78 is 33.6. The number of sulfonamides is 1. The van der Waals surface area contributed by atoms with E-state index < -0.39 is 10.0 Å². The number of aryl methyl sites for hydroxylation is 2. The number of furan rings is 1. The highest BCUT2D eigenvalue weighted by Crippen LogP contribution is 2.31. The van der Waals surface area contributed by atoms with Gasteiger partial charge in [-0.3, -0.25) is 4.79 Å². The second kappa shape index (κ2) is 8.32. The molecule has 1 aliphatic heterocycles. The molecule has 3 rings (SSSR count). The maximum absolute atomic E-state index is 13.4. The van der Waals surface area contributed by atoms with Crippen LogP contribution in [0.4, 0.5) is 0 Å². The molecule has 7 heteroatoms. The van der Waals surface area contributed by atoms with Gasteiger partial charge in [-0.05, 0) is 74.9 Å². The predicted molar refractivity (Wildman–Crippen MR) is 112 cm³/mol. The Balaban J connectivity index is 1.71. The molecule has 6 nitrogen and oxygen atoms in total. The van der Waals surface area contributed by atoms with Crippen molar-refractivity contribution in [2.24, 2.45) is 5.92 Å². The molecular weight excluding hydrogens is 388 g/mol. The Hall–Kier alpha value is -2.12. The monoisotopic (exact) mass is 418 g/mol. The second-order valence-corrected chi connectivity index (χ2v) is 9.92. The van der Waals surface area contributed by atoms with Crippen LogP contribution in [0.25, 0.3) is 0 Å². The Bertz CT molecular complexity index is 962. The summed E-state index contributed by atoms with van der Waals surface area (Å²) in [5.41, 5.74) is 3.58. The number of hydrogen-bond donors (Lipinski definition) is 0. The molecule has 0 N–H and O–H groups in total. The first-order chi connectivity index (χ1) is 13.6. The molecule has 2 heterocycles. The van der Waals surface area contributed by atoms with Crippen LogP contribution in [0, 0.1) is 33.6 Å². The quantitative estimate of drug-likeness (QED) is 0.744. The van der Waals surface area contributed by atoms with Gasteiger partial charge in [0.05, 0.1) is 17.7 Å². The highest BCUT2D eigenvalue weighted by molar-refractivity contribution is 7.89. The zero-order valence-electron chi connectivity index (χ0n) is 17.9. The van der Waals surface area contributed by atoms with Crippen LogP contribution < -0.4 is 0 Å². The average molecular weight is 419 g/mol. The number of benzene rings is 1. The van der Waals surface area contributed by atoms with Crippen LogP contribution >= 0.6 is 0 Å². The lowest BCUT2D eigenvalue weighted by molar-refractivity contribution is -0.136. The number of rotatable bonds is 5. The Morgan fingerprint density at radius 3 is 2.24 bits per heavy atom. The highest BCUT2D eigenvalue weighted by Gasteiger charge is 2.35. The molecule has 0 saturated carbocycles. The van der Waals surface area contributed by atoms with Gasteiger partial charge in [0, 0.05) is 26.1 Å². The van der Waals surface area contributed by atoms with E-state index in [-0.39, 0.29) is 11.8 Å². The number of carbonyl (C=O) groups excluding carboxylic acids is 1. The normalized spacial score (nSPS) is 16.2. The van der Waals surface area contributed by atoms with Gasteiger partial charge >= 0.3 is 0 Å². The van der Waals surface area contributed by atoms with Crippen molar-refractivity contribution in [1.29, 1.82) is 0 Å². The van der Waals surface area contributed by atoms with Crippen LogP contribution in [0.5, 0.6) is 0 Å². The Morgan fingerprint density at radius 1 is 1.14 bits per heavy atom. The van der Waals surface area contributed by atoms with E-state index in [0.29, 0.717) is 37.4 Å². The minimum atomic E-state index is -3.59. The minimum absolute atomic E-state index is 0.0391. The fourth-order valence-corrected chi connectivity index (χ4v) is 6.11. The van der Waals surface area contributed by atoms with E-state index in [2.05, 4.69) is 0 Å². The molecule has 1 saturated heterocycles. The first-order valence-electron chi connectivity index (χ1n) is 9.97. The number of piperidine rings is 1. The third-order valence-corrected chi connectivity index (χ3v) is 8.22. The van der Waals surface area contributed by atoms with E-state index in [9.17, 15) is 13.2 Å². The Morgan fingerprint density at radius 2 is 1.72 bits per heavy atom. The number of amides is 1. The van der Waals surface area contributed by atoms with Crippen molar-refractivity contribution in [2.75, 3.05) is 20.1 Å². The molecule has 0 aliphatic carbocycles. The van der Waals surface area contributed by atoms with Gasteiger partial charge in [-0.1, -0.05) is 6.07 Å². The fraction of sp³-hybridized carbons (Fsp3) is 0.500. The molecule has 0 atom stereocenters. The van der Waals surface area contributed by atoms with E-state index in [4.69, 9.17) is 4.42 Å². The largest absolute Gasteiger partial charge is 0.467 e. The van der Waals surface area contributed by atoms with Crippen molar-refractivity contribution in [3.05, 3.63) is 52.5 Å². The van der Waals surface area contributed by atoms with Crippen molar-refractivity contribution in [3.63, 3.8) is 0 Å². The molecule has 158 valence electrons. The maximum Gasteiger partial charge on any atom is 0.243 e. The smallest absolute Gasteiger partial charge is 0.243 e. The van der Waals surface area contributed by atoms with Gasteiger partial charge in [-0.25, -0.2) is 8.42 Å². The summed E-state index contributed by atoms with van der Waals surface area (Å²) in [6.07, 6.45) is 2.65. The van der Waals surface area contributed by atoms with Gasteiger partial charge < -0.3 is 9.32 Å².